The third-order valence-corrected chi connectivity index (χ3v) is 5.39. The molecule has 1 amide bonds. The fraction of sp³-hybridized carbons (Fsp3) is 0.421. The molecule has 1 aromatic carbocycles. The van der Waals surface area contributed by atoms with E-state index < -0.39 is 0 Å². The summed E-state index contributed by atoms with van der Waals surface area (Å²) in [6, 6.07) is 8.02. The van der Waals surface area contributed by atoms with Gasteiger partial charge in [-0.25, -0.2) is 4.98 Å². The van der Waals surface area contributed by atoms with Crippen LogP contribution in [0.4, 0.5) is 0 Å². The molecule has 25 heavy (non-hydrogen) atoms. The Morgan fingerprint density at radius 3 is 2.68 bits per heavy atom. The van der Waals surface area contributed by atoms with Crippen LogP contribution in [0.25, 0.3) is 5.69 Å². The van der Waals surface area contributed by atoms with E-state index in [1.165, 1.54) is 31.0 Å². The first-order valence-electron chi connectivity index (χ1n) is 8.70. The number of nitrogens with one attached hydrogen (secondary N) is 1. The Morgan fingerprint density at radius 2 is 1.96 bits per heavy atom. The van der Waals surface area contributed by atoms with Gasteiger partial charge in [-0.3, -0.25) is 14.2 Å². The largest absolute Gasteiger partial charge is 0.353 e. The number of benzene rings is 1. The second-order valence-electron chi connectivity index (χ2n) is 6.43. The average molecular weight is 357 g/mol. The van der Waals surface area contributed by atoms with E-state index in [2.05, 4.69) is 10.3 Å². The Hall–Kier alpha value is -2.08. The molecule has 1 aromatic heterocycles. The maximum atomic E-state index is 12.6. The highest BCUT2D eigenvalue weighted by atomic mass is 32.2. The first-order valence-corrected chi connectivity index (χ1v) is 9.69. The number of nitrogens with zero attached hydrogens (tertiary/aromatic N) is 2. The van der Waals surface area contributed by atoms with Gasteiger partial charge in [0.2, 0.25) is 5.91 Å². The Morgan fingerprint density at radius 1 is 1.24 bits per heavy atom. The second-order valence-corrected chi connectivity index (χ2v) is 7.40. The van der Waals surface area contributed by atoms with Crippen molar-refractivity contribution in [2.45, 2.75) is 50.1 Å². The zero-order valence-electron chi connectivity index (χ0n) is 14.4. The van der Waals surface area contributed by atoms with E-state index in [1.54, 1.807) is 17.0 Å². The molecular formula is C19H23N3O2S. The number of thioether (sulfide) groups is 1. The summed E-state index contributed by atoms with van der Waals surface area (Å²) < 4.78 is 1.56. The molecule has 132 valence electrons. The van der Waals surface area contributed by atoms with Crippen LogP contribution in [0, 0.1) is 6.92 Å². The molecule has 0 aliphatic heterocycles. The van der Waals surface area contributed by atoms with Crippen molar-refractivity contribution in [1.29, 1.82) is 0 Å². The first kappa shape index (κ1) is 17.7. The van der Waals surface area contributed by atoms with Crippen molar-refractivity contribution in [2.75, 3.05) is 5.75 Å². The fourth-order valence-corrected chi connectivity index (χ4v) is 3.76. The van der Waals surface area contributed by atoms with Gasteiger partial charge in [-0.1, -0.05) is 48.7 Å². The van der Waals surface area contributed by atoms with E-state index in [4.69, 9.17) is 0 Å². The molecule has 0 saturated heterocycles. The second kappa shape index (κ2) is 8.34. The van der Waals surface area contributed by atoms with Gasteiger partial charge >= 0.3 is 0 Å². The standard InChI is InChI=1S/C19H23N3O2S/c1-14-7-9-16(10-8-14)22-12-11-20-18(19(22)24)25-13-17(23)21-15-5-3-2-4-6-15/h7-12,15H,2-6,13H2,1H3,(H,21,23). The van der Waals surface area contributed by atoms with Gasteiger partial charge in [-0.2, -0.15) is 0 Å². The molecule has 3 rings (SSSR count). The average Bonchev–Trinajstić information content (AvgIpc) is 2.63. The minimum atomic E-state index is -0.193. The van der Waals surface area contributed by atoms with E-state index >= 15 is 0 Å². The van der Waals surface area contributed by atoms with Gasteiger partial charge in [-0.15, -0.1) is 0 Å². The molecule has 6 heteroatoms. The molecule has 0 unspecified atom stereocenters. The normalized spacial score (nSPS) is 15.1. The van der Waals surface area contributed by atoms with Crippen molar-refractivity contribution in [3.63, 3.8) is 0 Å². The van der Waals surface area contributed by atoms with E-state index in [1.807, 2.05) is 31.2 Å². The summed E-state index contributed by atoms with van der Waals surface area (Å²) in [5, 5.41) is 3.41. The van der Waals surface area contributed by atoms with Gasteiger partial charge in [0.25, 0.3) is 5.56 Å². The van der Waals surface area contributed by atoms with Crippen molar-refractivity contribution < 1.29 is 4.79 Å². The minimum Gasteiger partial charge on any atom is -0.353 e. The van der Waals surface area contributed by atoms with Crippen molar-refractivity contribution in [1.82, 2.24) is 14.9 Å². The molecule has 0 spiro atoms. The van der Waals surface area contributed by atoms with Crippen molar-refractivity contribution in [2.24, 2.45) is 0 Å². The van der Waals surface area contributed by atoms with Crippen molar-refractivity contribution in [3.05, 3.63) is 52.6 Å². The van der Waals surface area contributed by atoms with E-state index in [0.717, 1.165) is 24.1 Å². The van der Waals surface area contributed by atoms with Crippen LogP contribution in [0.1, 0.15) is 37.7 Å². The Bertz CT molecular complexity index is 780. The number of amides is 1. The lowest BCUT2D eigenvalue weighted by atomic mass is 9.95. The SMILES string of the molecule is Cc1ccc(-n2ccnc(SCC(=O)NC3CCCCC3)c2=O)cc1. The topological polar surface area (TPSA) is 64.0 Å². The summed E-state index contributed by atoms with van der Waals surface area (Å²) in [5.74, 6) is 0.195. The quantitative estimate of drug-likeness (QED) is 0.835. The molecule has 0 radical (unpaired) electrons. The Kier molecular flexibility index (Phi) is 5.91. The smallest absolute Gasteiger partial charge is 0.287 e. The molecular weight excluding hydrogens is 334 g/mol. The van der Waals surface area contributed by atoms with Gasteiger partial charge in [0, 0.05) is 24.1 Å². The number of carbonyl (C=O) groups is 1. The summed E-state index contributed by atoms with van der Waals surface area (Å²) in [6.45, 7) is 2.01. The maximum absolute atomic E-state index is 12.6. The third kappa shape index (κ3) is 4.72. The van der Waals surface area contributed by atoms with Crippen LogP contribution in [0.5, 0.6) is 0 Å². The minimum absolute atomic E-state index is 0.0242. The van der Waals surface area contributed by atoms with Crippen LogP contribution < -0.4 is 10.9 Å². The highest BCUT2D eigenvalue weighted by molar-refractivity contribution is 7.99. The summed E-state index contributed by atoms with van der Waals surface area (Å²) in [6.07, 6.45) is 8.98. The molecule has 1 N–H and O–H groups in total. The molecule has 5 nitrogen and oxygen atoms in total. The predicted octanol–water partition coefficient (Wildman–Crippen LogP) is 3.08. The molecule has 1 fully saturated rings. The van der Waals surface area contributed by atoms with Gasteiger partial charge in [0.15, 0.2) is 5.03 Å². The van der Waals surface area contributed by atoms with Crippen molar-refractivity contribution >= 4 is 17.7 Å². The van der Waals surface area contributed by atoms with Crippen LogP contribution >= 0.6 is 11.8 Å². The third-order valence-electron chi connectivity index (χ3n) is 4.43. The summed E-state index contributed by atoms with van der Waals surface area (Å²) in [7, 11) is 0. The van der Waals surface area contributed by atoms with Crippen LogP contribution in [-0.2, 0) is 4.79 Å². The fourth-order valence-electron chi connectivity index (χ4n) is 3.05. The molecule has 2 aromatic rings. The molecule has 0 atom stereocenters. The first-order chi connectivity index (χ1) is 12.1. The van der Waals surface area contributed by atoms with Gasteiger partial charge in [-0.05, 0) is 31.9 Å². The van der Waals surface area contributed by atoms with Crippen LogP contribution in [-0.4, -0.2) is 27.3 Å². The lowest BCUT2D eigenvalue weighted by Crippen LogP contribution is -2.37. The highest BCUT2D eigenvalue weighted by Crippen LogP contribution is 2.18. The number of aromatic nitrogens is 2. The molecule has 0 bridgehead atoms. The molecule has 1 saturated carbocycles. The highest BCUT2D eigenvalue weighted by Gasteiger charge is 2.16. The van der Waals surface area contributed by atoms with Crippen LogP contribution in [0.2, 0.25) is 0 Å². The number of carbonyl (C=O) groups excluding carboxylic acids is 1. The predicted molar refractivity (Wildman–Crippen MR) is 100 cm³/mol. The number of hydrogen-bond acceptors (Lipinski definition) is 4. The van der Waals surface area contributed by atoms with E-state index in [-0.39, 0.29) is 23.3 Å². The summed E-state index contributed by atoms with van der Waals surface area (Å²) >= 11 is 1.20. The molecule has 1 aliphatic rings. The number of rotatable bonds is 5. The van der Waals surface area contributed by atoms with Gasteiger partial charge in [0.1, 0.15) is 0 Å². The molecule has 1 aliphatic carbocycles. The zero-order chi connectivity index (χ0) is 17.6. The Balaban J connectivity index is 1.64. The zero-order valence-corrected chi connectivity index (χ0v) is 15.2. The van der Waals surface area contributed by atoms with Gasteiger partial charge < -0.3 is 5.32 Å². The lowest BCUT2D eigenvalue weighted by Gasteiger charge is -2.22. The van der Waals surface area contributed by atoms with Crippen LogP contribution in [0.15, 0.2) is 46.5 Å². The maximum Gasteiger partial charge on any atom is 0.287 e. The number of hydrogen-bond donors (Lipinski definition) is 1. The van der Waals surface area contributed by atoms with E-state index in [0.29, 0.717) is 5.03 Å². The lowest BCUT2D eigenvalue weighted by molar-refractivity contribution is -0.119. The van der Waals surface area contributed by atoms with E-state index in [9.17, 15) is 9.59 Å². The summed E-state index contributed by atoms with van der Waals surface area (Å²) in [5.41, 5.74) is 1.74. The monoisotopic (exact) mass is 357 g/mol. The Labute approximate surface area is 151 Å². The van der Waals surface area contributed by atoms with Crippen molar-refractivity contribution in [3.8, 4) is 5.69 Å². The summed E-state index contributed by atoms with van der Waals surface area (Å²) in [4.78, 5) is 28.9. The van der Waals surface area contributed by atoms with Gasteiger partial charge in [0.05, 0.1) is 5.75 Å². The number of aryl methyl sites for hydroxylation is 1. The molecule has 1 heterocycles. The van der Waals surface area contributed by atoms with Crippen LogP contribution in [0.3, 0.4) is 0 Å².